The third kappa shape index (κ3) is 5.55. The summed E-state index contributed by atoms with van der Waals surface area (Å²) >= 11 is 5.06. The number of hydrogen-bond acceptors (Lipinski definition) is 7. The highest BCUT2D eigenvalue weighted by atomic mass is 32.2. The van der Waals surface area contributed by atoms with Gasteiger partial charge in [0.2, 0.25) is 5.91 Å². The Morgan fingerprint density at radius 3 is 2.92 bits per heavy atom. The Morgan fingerprint density at radius 1 is 1.28 bits per heavy atom. The van der Waals surface area contributed by atoms with Crippen molar-refractivity contribution in [2.45, 2.75) is 9.92 Å². The van der Waals surface area contributed by atoms with Gasteiger partial charge in [-0.3, -0.25) is 4.79 Å². The molecule has 1 aromatic carbocycles. The summed E-state index contributed by atoms with van der Waals surface area (Å²) in [5.74, 6) is 3.51. The van der Waals surface area contributed by atoms with Crippen LogP contribution in [-0.2, 0) is 4.79 Å². The van der Waals surface area contributed by atoms with Gasteiger partial charge in [-0.2, -0.15) is 11.8 Å². The lowest BCUT2D eigenvalue weighted by atomic mass is 10.3. The van der Waals surface area contributed by atoms with E-state index in [2.05, 4.69) is 20.2 Å². The topological polar surface area (TPSA) is 58.1 Å². The van der Waals surface area contributed by atoms with E-state index in [1.807, 2.05) is 48.3 Å². The molecule has 8 heteroatoms. The van der Waals surface area contributed by atoms with E-state index in [1.165, 1.54) is 11.8 Å². The summed E-state index contributed by atoms with van der Waals surface area (Å²) < 4.78 is 0. The monoisotopic (exact) mass is 392 g/mol. The molecule has 1 aliphatic heterocycles. The second-order valence-corrected chi connectivity index (χ2v) is 8.48. The minimum atomic E-state index is -0.0298. The van der Waals surface area contributed by atoms with Crippen LogP contribution in [0.5, 0.6) is 0 Å². The molecule has 1 amide bonds. The number of nitrogens with zero attached hydrogens (tertiary/aromatic N) is 3. The van der Waals surface area contributed by atoms with E-state index in [0.717, 1.165) is 46.0 Å². The van der Waals surface area contributed by atoms with Crippen LogP contribution in [0.1, 0.15) is 0 Å². The smallest absolute Gasteiger partial charge is 0.234 e. The zero-order valence-corrected chi connectivity index (χ0v) is 16.4. The highest BCUT2D eigenvalue weighted by molar-refractivity contribution is 8.00. The molecule has 1 fully saturated rings. The number of benzene rings is 1. The van der Waals surface area contributed by atoms with Gasteiger partial charge in [0.15, 0.2) is 0 Å². The third-order valence-corrected chi connectivity index (χ3v) is 6.26. The standard InChI is InChI=1S/C17H20N4OS3/c1-23-14-4-2-3-13(9-14)20-16(22)11-25-17-10-15(18-12-19-17)21-5-7-24-8-6-21/h2-4,9-10,12H,5-8,11H2,1H3,(H,20,22). The van der Waals surface area contributed by atoms with E-state index in [-0.39, 0.29) is 5.91 Å². The Morgan fingerprint density at radius 2 is 2.12 bits per heavy atom. The van der Waals surface area contributed by atoms with Crippen molar-refractivity contribution < 1.29 is 4.79 Å². The molecule has 0 aliphatic carbocycles. The van der Waals surface area contributed by atoms with Crippen molar-refractivity contribution >= 4 is 52.7 Å². The molecule has 2 aromatic rings. The van der Waals surface area contributed by atoms with Crippen LogP contribution in [0.2, 0.25) is 0 Å². The average molecular weight is 393 g/mol. The van der Waals surface area contributed by atoms with Gasteiger partial charge in [-0.15, -0.1) is 11.8 Å². The number of carbonyl (C=O) groups is 1. The van der Waals surface area contributed by atoms with Crippen LogP contribution in [0.15, 0.2) is 46.6 Å². The van der Waals surface area contributed by atoms with Crippen LogP contribution in [0.4, 0.5) is 11.5 Å². The van der Waals surface area contributed by atoms with Crippen LogP contribution < -0.4 is 10.2 Å². The maximum absolute atomic E-state index is 12.2. The largest absolute Gasteiger partial charge is 0.355 e. The van der Waals surface area contributed by atoms with Gasteiger partial charge < -0.3 is 10.2 Å². The van der Waals surface area contributed by atoms with Gasteiger partial charge in [0.1, 0.15) is 17.2 Å². The summed E-state index contributed by atoms with van der Waals surface area (Å²) in [7, 11) is 0. The Hall–Kier alpha value is -1.38. The maximum Gasteiger partial charge on any atom is 0.234 e. The molecule has 0 atom stereocenters. The molecule has 25 heavy (non-hydrogen) atoms. The van der Waals surface area contributed by atoms with Crippen LogP contribution >= 0.6 is 35.3 Å². The number of aromatic nitrogens is 2. The summed E-state index contributed by atoms with van der Waals surface area (Å²) in [6, 6.07) is 9.82. The molecule has 3 rings (SSSR count). The quantitative estimate of drug-likeness (QED) is 0.596. The van der Waals surface area contributed by atoms with E-state index in [0.29, 0.717) is 5.75 Å². The summed E-state index contributed by atoms with van der Waals surface area (Å²) in [4.78, 5) is 24.2. The fraction of sp³-hybridized carbons (Fsp3) is 0.353. The Balaban J connectivity index is 1.54. The maximum atomic E-state index is 12.2. The molecule has 1 aromatic heterocycles. The normalized spacial score (nSPS) is 14.4. The minimum absolute atomic E-state index is 0.0298. The number of hydrogen-bond donors (Lipinski definition) is 1. The van der Waals surface area contributed by atoms with Crippen LogP contribution in [0.25, 0.3) is 0 Å². The van der Waals surface area contributed by atoms with Gasteiger partial charge in [0.25, 0.3) is 0 Å². The minimum Gasteiger partial charge on any atom is -0.355 e. The fourth-order valence-electron chi connectivity index (χ4n) is 2.41. The lowest BCUT2D eigenvalue weighted by Gasteiger charge is -2.27. The van der Waals surface area contributed by atoms with Crippen LogP contribution in [0, 0.1) is 0 Å². The van der Waals surface area contributed by atoms with Crippen molar-refractivity contribution in [2.75, 3.05) is 46.8 Å². The number of amides is 1. The SMILES string of the molecule is CSc1cccc(NC(=O)CSc2cc(N3CCSCC3)ncn2)c1. The van der Waals surface area contributed by atoms with Gasteiger partial charge in [0.05, 0.1) is 5.75 Å². The van der Waals surface area contributed by atoms with E-state index in [9.17, 15) is 4.79 Å². The highest BCUT2D eigenvalue weighted by Gasteiger charge is 2.13. The van der Waals surface area contributed by atoms with Crippen molar-refractivity contribution in [1.82, 2.24) is 9.97 Å². The molecule has 0 radical (unpaired) electrons. The number of thioether (sulfide) groups is 3. The molecule has 1 aliphatic rings. The zero-order valence-electron chi connectivity index (χ0n) is 14.0. The number of rotatable bonds is 6. The summed E-state index contributed by atoms with van der Waals surface area (Å²) in [5, 5.41) is 3.77. The molecule has 1 N–H and O–H groups in total. The number of carbonyl (C=O) groups excluding carboxylic acids is 1. The third-order valence-electron chi connectivity index (χ3n) is 3.67. The van der Waals surface area contributed by atoms with Crippen molar-refractivity contribution in [1.29, 1.82) is 0 Å². The molecule has 132 valence electrons. The van der Waals surface area contributed by atoms with Gasteiger partial charge in [-0.1, -0.05) is 17.8 Å². The van der Waals surface area contributed by atoms with E-state index < -0.39 is 0 Å². The molecule has 0 unspecified atom stereocenters. The number of nitrogens with one attached hydrogen (secondary N) is 1. The van der Waals surface area contributed by atoms with Crippen molar-refractivity contribution in [3.8, 4) is 0 Å². The van der Waals surface area contributed by atoms with Crippen LogP contribution in [0.3, 0.4) is 0 Å². The predicted molar refractivity (Wildman–Crippen MR) is 109 cm³/mol. The summed E-state index contributed by atoms with van der Waals surface area (Å²) in [5.41, 5.74) is 0.826. The van der Waals surface area contributed by atoms with E-state index in [4.69, 9.17) is 0 Å². The molecule has 2 heterocycles. The average Bonchev–Trinajstić information content (AvgIpc) is 2.67. The van der Waals surface area contributed by atoms with Gasteiger partial charge in [-0.05, 0) is 24.5 Å². The molecule has 0 saturated carbocycles. The molecule has 5 nitrogen and oxygen atoms in total. The molecule has 0 bridgehead atoms. The first-order valence-electron chi connectivity index (χ1n) is 7.96. The lowest BCUT2D eigenvalue weighted by molar-refractivity contribution is -0.113. The zero-order chi connectivity index (χ0) is 17.5. The second-order valence-electron chi connectivity index (χ2n) is 5.38. The molecule has 0 spiro atoms. The second kappa shape index (κ2) is 9.35. The summed E-state index contributed by atoms with van der Waals surface area (Å²) in [6.07, 6.45) is 3.60. The molecular formula is C17H20N4OS3. The van der Waals surface area contributed by atoms with E-state index >= 15 is 0 Å². The van der Waals surface area contributed by atoms with Crippen LogP contribution in [-0.4, -0.2) is 52.5 Å². The number of anilines is 2. The Labute approximate surface area is 160 Å². The first-order valence-corrected chi connectivity index (χ1v) is 11.3. The van der Waals surface area contributed by atoms with E-state index in [1.54, 1.807) is 18.1 Å². The van der Waals surface area contributed by atoms with Gasteiger partial charge in [-0.25, -0.2) is 9.97 Å². The fourth-order valence-corrected chi connectivity index (χ4v) is 4.44. The Bertz CT molecular complexity index is 723. The first kappa shape index (κ1) is 18.4. The molecular weight excluding hydrogens is 372 g/mol. The van der Waals surface area contributed by atoms with Crippen molar-refractivity contribution in [2.24, 2.45) is 0 Å². The predicted octanol–water partition coefficient (Wildman–Crippen LogP) is 3.48. The summed E-state index contributed by atoms with van der Waals surface area (Å²) in [6.45, 7) is 2.02. The Kier molecular flexibility index (Phi) is 6.89. The molecule has 1 saturated heterocycles. The lowest BCUT2D eigenvalue weighted by Crippen LogP contribution is -2.33. The van der Waals surface area contributed by atoms with Gasteiger partial charge >= 0.3 is 0 Å². The highest BCUT2D eigenvalue weighted by Crippen LogP contribution is 2.23. The van der Waals surface area contributed by atoms with Gasteiger partial charge in [0, 0.05) is 41.2 Å². The van der Waals surface area contributed by atoms with Crippen molar-refractivity contribution in [3.05, 3.63) is 36.7 Å². The first-order chi connectivity index (χ1) is 12.2. The van der Waals surface area contributed by atoms with Crippen molar-refractivity contribution in [3.63, 3.8) is 0 Å².